The summed E-state index contributed by atoms with van der Waals surface area (Å²) in [5.41, 5.74) is 0.509. The standard InChI is InChI=1S/C32H54N4O5/c1-21(2)27(35(7)31(39)28(22(3)4)33-29(37)25-16-11-12-18-34(25)6)20-23(5)30(38)36-19-13-17-26(36)32(40)41-24-14-9-8-10-15-24/h20-22,24-28H,8-19H2,1-7H3,(H,33,37)/b23-20+/t25-,26+,27?,28+/m1/s1. The van der Waals surface area contributed by atoms with Crippen LogP contribution in [0.3, 0.4) is 0 Å². The Hall–Kier alpha value is -2.42. The molecule has 3 aliphatic rings. The number of nitrogens with one attached hydrogen (secondary N) is 1. The summed E-state index contributed by atoms with van der Waals surface area (Å²) < 4.78 is 5.81. The van der Waals surface area contributed by atoms with E-state index in [2.05, 4.69) is 10.2 Å². The molecule has 0 aromatic heterocycles. The smallest absolute Gasteiger partial charge is 0.329 e. The summed E-state index contributed by atoms with van der Waals surface area (Å²) in [6, 6.07) is -1.78. The second-order valence-corrected chi connectivity index (χ2v) is 13.1. The second-order valence-electron chi connectivity index (χ2n) is 13.1. The van der Waals surface area contributed by atoms with Crippen LogP contribution in [0.5, 0.6) is 0 Å². The zero-order valence-electron chi connectivity index (χ0n) is 26.5. The zero-order chi connectivity index (χ0) is 30.3. The van der Waals surface area contributed by atoms with Crippen molar-refractivity contribution in [1.29, 1.82) is 0 Å². The summed E-state index contributed by atoms with van der Waals surface area (Å²) >= 11 is 0. The number of carbonyl (C=O) groups excluding carboxylic acids is 4. The molecule has 0 bridgehead atoms. The highest BCUT2D eigenvalue weighted by atomic mass is 16.5. The predicted molar refractivity (Wildman–Crippen MR) is 160 cm³/mol. The van der Waals surface area contributed by atoms with Gasteiger partial charge in [-0.05, 0) is 83.7 Å². The zero-order valence-corrected chi connectivity index (χ0v) is 26.5. The molecule has 2 saturated heterocycles. The van der Waals surface area contributed by atoms with Crippen LogP contribution in [0.4, 0.5) is 0 Å². The number of nitrogens with zero attached hydrogens (tertiary/aromatic N) is 3. The largest absolute Gasteiger partial charge is 0.461 e. The van der Waals surface area contributed by atoms with Crippen LogP contribution in [0.1, 0.15) is 98.8 Å². The maximum absolute atomic E-state index is 13.8. The number of esters is 1. The van der Waals surface area contributed by atoms with Crippen molar-refractivity contribution in [1.82, 2.24) is 20.0 Å². The quantitative estimate of drug-likeness (QED) is 0.314. The maximum atomic E-state index is 13.8. The summed E-state index contributed by atoms with van der Waals surface area (Å²) in [7, 11) is 3.71. The lowest BCUT2D eigenvalue weighted by molar-refractivity contribution is -0.158. The van der Waals surface area contributed by atoms with Crippen molar-refractivity contribution in [3.63, 3.8) is 0 Å². The number of rotatable bonds is 10. The fourth-order valence-corrected chi connectivity index (χ4v) is 6.52. The van der Waals surface area contributed by atoms with Crippen molar-refractivity contribution < 1.29 is 23.9 Å². The summed E-state index contributed by atoms with van der Waals surface area (Å²) in [6.45, 7) is 11.1. The van der Waals surface area contributed by atoms with Gasteiger partial charge in [-0.3, -0.25) is 19.3 Å². The van der Waals surface area contributed by atoms with E-state index in [-0.39, 0.29) is 53.7 Å². The molecule has 2 heterocycles. The van der Waals surface area contributed by atoms with Crippen LogP contribution in [0.15, 0.2) is 11.6 Å². The third-order valence-electron chi connectivity index (χ3n) is 9.16. The Morgan fingerprint density at radius 3 is 2.10 bits per heavy atom. The minimum absolute atomic E-state index is 0.0327. The van der Waals surface area contributed by atoms with E-state index < -0.39 is 12.1 Å². The molecule has 0 spiro atoms. The topological polar surface area (TPSA) is 99.3 Å². The number of piperidine rings is 1. The monoisotopic (exact) mass is 574 g/mol. The first-order chi connectivity index (χ1) is 19.4. The molecule has 3 fully saturated rings. The van der Waals surface area contributed by atoms with Gasteiger partial charge in [-0.25, -0.2) is 4.79 Å². The number of ether oxygens (including phenoxy) is 1. The Kier molecular flexibility index (Phi) is 12.2. The van der Waals surface area contributed by atoms with Crippen LogP contribution in [0, 0.1) is 11.8 Å². The first kappa shape index (κ1) is 33.1. The van der Waals surface area contributed by atoms with Gasteiger partial charge in [0, 0.05) is 19.2 Å². The van der Waals surface area contributed by atoms with Gasteiger partial charge in [0.2, 0.25) is 17.7 Å². The molecule has 0 aromatic rings. The van der Waals surface area contributed by atoms with E-state index in [1.165, 1.54) is 6.42 Å². The van der Waals surface area contributed by atoms with Gasteiger partial charge in [-0.15, -0.1) is 0 Å². The van der Waals surface area contributed by atoms with Crippen LogP contribution in [0.2, 0.25) is 0 Å². The number of carbonyl (C=O) groups is 4. The van der Waals surface area contributed by atoms with Crippen molar-refractivity contribution in [2.45, 2.75) is 129 Å². The number of amides is 3. The highest BCUT2D eigenvalue weighted by Crippen LogP contribution is 2.26. The second kappa shape index (κ2) is 15.2. The predicted octanol–water partition coefficient (Wildman–Crippen LogP) is 3.91. The molecule has 1 saturated carbocycles. The van der Waals surface area contributed by atoms with Crippen molar-refractivity contribution in [2.75, 3.05) is 27.2 Å². The highest BCUT2D eigenvalue weighted by Gasteiger charge is 2.38. The van der Waals surface area contributed by atoms with Gasteiger partial charge in [0.15, 0.2) is 0 Å². The van der Waals surface area contributed by atoms with Crippen LogP contribution < -0.4 is 5.32 Å². The fraction of sp³-hybridized carbons (Fsp3) is 0.812. The molecule has 1 unspecified atom stereocenters. The van der Waals surface area contributed by atoms with E-state index in [9.17, 15) is 19.2 Å². The molecule has 232 valence electrons. The third-order valence-corrected chi connectivity index (χ3v) is 9.16. The van der Waals surface area contributed by atoms with Gasteiger partial charge in [0.25, 0.3) is 0 Å². The first-order valence-electron chi connectivity index (χ1n) is 15.9. The lowest BCUT2D eigenvalue weighted by atomic mass is 9.96. The van der Waals surface area contributed by atoms with E-state index in [1.807, 2.05) is 40.8 Å². The lowest BCUT2D eigenvalue weighted by Gasteiger charge is -2.36. The molecule has 2 aliphatic heterocycles. The molecule has 0 aromatic carbocycles. The molecular formula is C32H54N4O5. The highest BCUT2D eigenvalue weighted by molar-refractivity contribution is 5.96. The van der Waals surface area contributed by atoms with E-state index >= 15 is 0 Å². The summed E-state index contributed by atoms with van der Waals surface area (Å²) in [4.78, 5) is 58.9. The number of hydrogen-bond acceptors (Lipinski definition) is 6. The molecule has 9 nitrogen and oxygen atoms in total. The van der Waals surface area contributed by atoms with Gasteiger partial charge >= 0.3 is 5.97 Å². The molecule has 9 heteroatoms. The third kappa shape index (κ3) is 8.55. The van der Waals surface area contributed by atoms with E-state index in [0.29, 0.717) is 18.5 Å². The minimum Gasteiger partial charge on any atom is -0.461 e. The minimum atomic E-state index is -0.661. The van der Waals surface area contributed by atoms with E-state index in [1.54, 1.807) is 23.8 Å². The Bertz CT molecular complexity index is 958. The summed E-state index contributed by atoms with van der Waals surface area (Å²) in [6.07, 6.45) is 11.2. The van der Waals surface area contributed by atoms with Crippen molar-refractivity contribution in [3.8, 4) is 0 Å². The molecule has 3 amide bonds. The molecule has 4 atom stereocenters. The van der Waals surface area contributed by atoms with Gasteiger partial charge in [0.1, 0.15) is 18.2 Å². The van der Waals surface area contributed by atoms with Crippen molar-refractivity contribution in [3.05, 3.63) is 11.6 Å². The summed E-state index contributed by atoms with van der Waals surface area (Å²) in [5.74, 6) is -0.808. The molecule has 41 heavy (non-hydrogen) atoms. The van der Waals surface area contributed by atoms with E-state index in [0.717, 1.165) is 57.9 Å². The maximum Gasteiger partial charge on any atom is 0.329 e. The Morgan fingerprint density at radius 1 is 0.854 bits per heavy atom. The molecule has 0 radical (unpaired) electrons. The molecule has 1 N–H and O–H groups in total. The van der Waals surface area contributed by atoms with Crippen LogP contribution in [0.25, 0.3) is 0 Å². The first-order valence-corrected chi connectivity index (χ1v) is 15.9. The van der Waals surface area contributed by atoms with Crippen molar-refractivity contribution >= 4 is 23.7 Å². The van der Waals surface area contributed by atoms with Crippen LogP contribution in [-0.4, -0.2) is 95.8 Å². The fourth-order valence-electron chi connectivity index (χ4n) is 6.52. The van der Waals surface area contributed by atoms with Gasteiger partial charge < -0.3 is 19.9 Å². The lowest BCUT2D eigenvalue weighted by Crippen LogP contribution is -2.57. The Balaban J connectivity index is 1.70. The number of likely N-dealkylation sites (N-methyl/N-ethyl adjacent to an activating group) is 2. The van der Waals surface area contributed by atoms with Gasteiger partial charge in [-0.2, -0.15) is 0 Å². The molecule has 1 aliphatic carbocycles. The average Bonchev–Trinajstić information content (AvgIpc) is 3.44. The Morgan fingerprint density at radius 2 is 1.49 bits per heavy atom. The van der Waals surface area contributed by atoms with Crippen LogP contribution in [-0.2, 0) is 23.9 Å². The molecule has 3 rings (SSSR count). The van der Waals surface area contributed by atoms with E-state index in [4.69, 9.17) is 4.74 Å². The van der Waals surface area contributed by atoms with Crippen LogP contribution >= 0.6 is 0 Å². The normalized spacial score (nSPS) is 24.3. The number of hydrogen-bond donors (Lipinski definition) is 1. The number of likely N-dealkylation sites (tertiary alicyclic amines) is 2. The Labute approximate surface area is 247 Å². The molecular weight excluding hydrogens is 520 g/mol. The average molecular weight is 575 g/mol. The van der Waals surface area contributed by atoms with Crippen molar-refractivity contribution in [2.24, 2.45) is 11.8 Å². The SMILES string of the molecule is C/C(=C\C(C(C)C)N(C)C(=O)[C@@H](NC(=O)[C@H]1CCCCN1C)C(C)C)C(=O)N1CCC[C@H]1C(=O)OC1CCCCC1. The van der Waals surface area contributed by atoms with Gasteiger partial charge in [0.05, 0.1) is 12.1 Å². The van der Waals surface area contributed by atoms with Gasteiger partial charge in [-0.1, -0.05) is 46.6 Å². The summed E-state index contributed by atoms with van der Waals surface area (Å²) in [5, 5.41) is 3.04.